The highest BCUT2D eigenvalue weighted by Crippen LogP contribution is 2.19. The van der Waals surface area contributed by atoms with Gasteiger partial charge in [0.1, 0.15) is 6.54 Å². The average Bonchev–Trinajstić information content (AvgIpc) is 2.66. The summed E-state index contributed by atoms with van der Waals surface area (Å²) in [5, 5.41) is 0. The molecule has 1 aliphatic heterocycles. The second-order valence-corrected chi connectivity index (χ2v) is 11.0. The van der Waals surface area contributed by atoms with E-state index in [1.165, 1.54) is 49.7 Å². The van der Waals surface area contributed by atoms with Crippen LogP contribution in [-0.2, 0) is 16.6 Å². The molecule has 0 amide bonds. The van der Waals surface area contributed by atoms with Crippen LogP contribution in [0.3, 0.4) is 0 Å². The number of nitrogens with zero attached hydrogens (tertiary/aromatic N) is 2. The normalized spacial score (nSPS) is 17.1. The maximum atomic E-state index is 12.7. The molecule has 0 N–H and O–H groups in total. The molecule has 0 atom stereocenters. The molecule has 1 fully saturated rings. The Balaban J connectivity index is 0.00000420. The fraction of sp³-hybridized carbons (Fsp3) is 0.739. The van der Waals surface area contributed by atoms with Crippen LogP contribution in [0, 0.1) is 6.92 Å². The molecule has 1 aromatic rings. The van der Waals surface area contributed by atoms with Crippen molar-refractivity contribution in [1.82, 2.24) is 4.31 Å². The van der Waals surface area contributed by atoms with Crippen molar-refractivity contribution < 1.29 is 29.9 Å². The predicted octanol–water partition coefficient (Wildman–Crippen LogP) is 1.73. The zero-order valence-corrected chi connectivity index (χ0v) is 21.1. The van der Waals surface area contributed by atoms with Gasteiger partial charge in [0, 0.05) is 5.56 Å². The Morgan fingerprint density at radius 2 is 1.41 bits per heavy atom. The first-order valence-corrected chi connectivity index (χ1v) is 12.8. The molecule has 1 aromatic carbocycles. The number of hydrogen-bond donors (Lipinski definition) is 0. The standard InChI is InChI=1S/C23H41N2O2S.BrH/c1-4-5-6-7-8-9-10-11-20-28(26,27)24-16-18-25(3,19-17-24)21-23-14-12-22(2)13-15-23;/h12-15H,4-11,16-21H2,1-3H3;1H/q+1;/p-1. The Hall–Kier alpha value is -0.430. The second-order valence-electron chi connectivity index (χ2n) is 8.90. The lowest BCUT2D eigenvalue weighted by atomic mass is 10.1. The lowest BCUT2D eigenvalue weighted by molar-refractivity contribution is -0.925. The van der Waals surface area contributed by atoms with Crippen molar-refractivity contribution in [2.45, 2.75) is 71.8 Å². The van der Waals surface area contributed by atoms with Gasteiger partial charge in [-0.2, -0.15) is 4.31 Å². The summed E-state index contributed by atoms with van der Waals surface area (Å²) < 4.78 is 28.0. The van der Waals surface area contributed by atoms with E-state index in [0.29, 0.717) is 18.8 Å². The first kappa shape index (κ1) is 26.6. The van der Waals surface area contributed by atoms with E-state index < -0.39 is 10.0 Å². The van der Waals surface area contributed by atoms with Gasteiger partial charge in [-0.25, -0.2) is 8.42 Å². The zero-order chi connectivity index (χ0) is 20.5. The second kappa shape index (κ2) is 13.1. The molecule has 29 heavy (non-hydrogen) atoms. The van der Waals surface area contributed by atoms with E-state index in [4.69, 9.17) is 0 Å². The largest absolute Gasteiger partial charge is 1.00 e. The molecule has 0 saturated carbocycles. The third kappa shape index (κ3) is 9.50. The summed E-state index contributed by atoms with van der Waals surface area (Å²) in [6, 6.07) is 8.71. The van der Waals surface area contributed by atoms with Gasteiger partial charge >= 0.3 is 0 Å². The lowest BCUT2D eigenvalue weighted by Crippen LogP contribution is -3.00. The number of likely N-dealkylation sites (N-methyl/N-ethyl adjacent to an activating group) is 1. The quantitative estimate of drug-likeness (QED) is 0.331. The molecular formula is C23H41BrN2O2S. The van der Waals surface area contributed by atoms with Crippen molar-refractivity contribution in [1.29, 1.82) is 0 Å². The molecule has 168 valence electrons. The van der Waals surface area contributed by atoms with E-state index in [9.17, 15) is 8.42 Å². The van der Waals surface area contributed by atoms with Gasteiger partial charge in [0.2, 0.25) is 10.0 Å². The van der Waals surface area contributed by atoms with E-state index in [2.05, 4.69) is 45.2 Å². The van der Waals surface area contributed by atoms with Crippen LogP contribution in [-0.4, -0.2) is 56.2 Å². The number of halogens is 1. The first-order chi connectivity index (χ1) is 13.3. The van der Waals surface area contributed by atoms with Crippen LogP contribution in [0.15, 0.2) is 24.3 Å². The fourth-order valence-corrected chi connectivity index (χ4v) is 5.59. The summed E-state index contributed by atoms with van der Waals surface area (Å²) in [4.78, 5) is 0. The van der Waals surface area contributed by atoms with Crippen LogP contribution in [0.4, 0.5) is 0 Å². The van der Waals surface area contributed by atoms with Gasteiger partial charge in [0.15, 0.2) is 0 Å². The minimum Gasteiger partial charge on any atom is -1.00 e. The highest BCUT2D eigenvalue weighted by Gasteiger charge is 2.34. The van der Waals surface area contributed by atoms with Gasteiger partial charge in [0.05, 0.1) is 39.0 Å². The van der Waals surface area contributed by atoms with Gasteiger partial charge in [-0.05, 0) is 13.3 Å². The Morgan fingerprint density at radius 1 is 0.897 bits per heavy atom. The number of rotatable bonds is 12. The van der Waals surface area contributed by atoms with Crippen LogP contribution in [0.1, 0.15) is 69.4 Å². The number of piperazine rings is 1. The average molecular weight is 490 g/mol. The Kier molecular flexibility index (Phi) is 12.0. The summed E-state index contributed by atoms with van der Waals surface area (Å²) in [6.45, 7) is 8.41. The molecule has 0 aromatic heterocycles. The molecule has 0 spiro atoms. The SMILES string of the molecule is CCCCCCCCCCS(=O)(=O)N1CC[N+](C)(Cc2ccc(C)cc2)CC1.[Br-]. The van der Waals surface area contributed by atoms with Crippen LogP contribution >= 0.6 is 0 Å². The van der Waals surface area contributed by atoms with Crippen LogP contribution in [0.2, 0.25) is 0 Å². The monoisotopic (exact) mass is 488 g/mol. The number of quaternary nitrogens is 1. The molecule has 6 heteroatoms. The number of benzene rings is 1. The molecule has 2 rings (SSSR count). The predicted molar refractivity (Wildman–Crippen MR) is 119 cm³/mol. The molecule has 1 saturated heterocycles. The van der Waals surface area contributed by atoms with Crippen molar-refractivity contribution in [2.24, 2.45) is 0 Å². The van der Waals surface area contributed by atoms with E-state index in [1.54, 1.807) is 4.31 Å². The van der Waals surface area contributed by atoms with Crippen molar-refractivity contribution >= 4 is 10.0 Å². The fourth-order valence-electron chi connectivity index (χ4n) is 4.05. The number of sulfonamides is 1. The number of unbranched alkanes of at least 4 members (excludes halogenated alkanes) is 7. The Labute approximate surface area is 190 Å². The van der Waals surface area contributed by atoms with Crippen LogP contribution < -0.4 is 17.0 Å². The van der Waals surface area contributed by atoms with Gasteiger partial charge in [0.25, 0.3) is 0 Å². The van der Waals surface area contributed by atoms with E-state index in [0.717, 1.165) is 37.0 Å². The van der Waals surface area contributed by atoms with Gasteiger partial charge in [-0.3, -0.25) is 0 Å². The molecular weight excluding hydrogens is 448 g/mol. The Bertz CT molecular complexity index is 669. The number of hydrogen-bond acceptors (Lipinski definition) is 2. The van der Waals surface area contributed by atoms with Crippen molar-refractivity contribution in [2.75, 3.05) is 39.0 Å². The topological polar surface area (TPSA) is 37.4 Å². The van der Waals surface area contributed by atoms with Crippen LogP contribution in [0.25, 0.3) is 0 Å². The molecule has 0 radical (unpaired) electrons. The summed E-state index contributed by atoms with van der Waals surface area (Å²) in [5.41, 5.74) is 2.62. The maximum absolute atomic E-state index is 12.7. The molecule has 0 unspecified atom stereocenters. The third-order valence-electron chi connectivity index (χ3n) is 6.11. The van der Waals surface area contributed by atoms with E-state index in [-0.39, 0.29) is 17.0 Å². The number of aryl methyl sites for hydroxylation is 1. The highest BCUT2D eigenvalue weighted by atomic mass is 79.9. The third-order valence-corrected chi connectivity index (χ3v) is 8.07. The molecule has 4 nitrogen and oxygen atoms in total. The van der Waals surface area contributed by atoms with Gasteiger partial charge in [-0.15, -0.1) is 0 Å². The van der Waals surface area contributed by atoms with Crippen molar-refractivity contribution in [3.63, 3.8) is 0 Å². The van der Waals surface area contributed by atoms with E-state index in [1.807, 2.05) is 0 Å². The summed E-state index contributed by atoms with van der Waals surface area (Å²) in [6.07, 6.45) is 9.49. The van der Waals surface area contributed by atoms with Gasteiger partial charge in [-0.1, -0.05) is 81.7 Å². The molecule has 1 heterocycles. The highest BCUT2D eigenvalue weighted by molar-refractivity contribution is 7.89. The van der Waals surface area contributed by atoms with Crippen molar-refractivity contribution in [3.05, 3.63) is 35.4 Å². The molecule has 0 aliphatic carbocycles. The maximum Gasteiger partial charge on any atom is 0.214 e. The minimum atomic E-state index is -3.09. The molecule has 1 aliphatic rings. The lowest BCUT2D eigenvalue weighted by Gasteiger charge is -2.41. The van der Waals surface area contributed by atoms with Crippen molar-refractivity contribution in [3.8, 4) is 0 Å². The first-order valence-electron chi connectivity index (χ1n) is 11.2. The summed E-state index contributed by atoms with van der Waals surface area (Å²) in [7, 11) is -0.838. The summed E-state index contributed by atoms with van der Waals surface area (Å²) >= 11 is 0. The Morgan fingerprint density at radius 3 is 1.97 bits per heavy atom. The zero-order valence-electron chi connectivity index (χ0n) is 18.7. The van der Waals surface area contributed by atoms with E-state index >= 15 is 0 Å². The van der Waals surface area contributed by atoms with Gasteiger partial charge < -0.3 is 21.5 Å². The molecule has 0 bridgehead atoms. The smallest absolute Gasteiger partial charge is 0.214 e. The minimum absolute atomic E-state index is 0. The summed E-state index contributed by atoms with van der Waals surface area (Å²) in [5.74, 6) is 0.323. The van der Waals surface area contributed by atoms with Crippen LogP contribution in [0.5, 0.6) is 0 Å².